The molecule has 2 rings (SSSR count). The van der Waals surface area contributed by atoms with Gasteiger partial charge in [0, 0.05) is 0 Å². The molecule has 4 heteroatoms. The topological polar surface area (TPSA) is 38.7 Å². The lowest BCUT2D eigenvalue weighted by Gasteiger charge is -2.15. The summed E-state index contributed by atoms with van der Waals surface area (Å²) in [6.45, 7) is 0. The van der Waals surface area contributed by atoms with Crippen LogP contribution in [0, 0.1) is 0 Å². The first-order valence-electron chi connectivity index (χ1n) is 6.74. The van der Waals surface area contributed by atoms with Gasteiger partial charge in [-0.15, -0.1) is 11.6 Å². The van der Waals surface area contributed by atoms with E-state index in [0.29, 0.717) is 5.56 Å². The molecule has 0 saturated heterocycles. The molecule has 1 saturated carbocycles. The van der Waals surface area contributed by atoms with Crippen molar-refractivity contribution in [2.24, 2.45) is 5.16 Å². The normalized spacial score (nSPS) is 22.6. The summed E-state index contributed by atoms with van der Waals surface area (Å²) in [5.74, 6) is -0.431. The molecule has 0 bridgehead atoms. The number of carbonyl (C=O) groups is 1. The van der Waals surface area contributed by atoms with Crippen LogP contribution in [0.15, 0.2) is 35.5 Å². The van der Waals surface area contributed by atoms with E-state index in [1.165, 1.54) is 12.8 Å². The van der Waals surface area contributed by atoms with E-state index in [2.05, 4.69) is 5.16 Å². The van der Waals surface area contributed by atoms with Crippen molar-refractivity contribution in [2.45, 2.75) is 43.9 Å². The van der Waals surface area contributed by atoms with Crippen LogP contribution in [-0.4, -0.2) is 17.1 Å². The maximum absolute atomic E-state index is 11.8. The number of rotatable bonds is 2. The fourth-order valence-corrected chi connectivity index (χ4v) is 2.44. The Kier molecular flexibility index (Phi) is 5.40. The largest absolute Gasteiger partial charge is 0.365 e. The monoisotopic (exact) mass is 279 g/mol. The molecule has 1 atom stereocenters. The fourth-order valence-electron chi connectivity index (χ4n) is 2.14. The number of hydrogen-bond donors (Lipinski definition) is 0. The van der Waals surface area contributed by atoms with E-state index in [9.17, 15) is 4.79 Å². The highest BCUT2D eigenvalue weighted by Gasteiger charge is 2.17. The van der Waals surface area contributed by atoms with Crippen LogP contribution in [0.2, 0.25) is 0 Å². The summed E-state index contributed by atoms with van der Waals surface area (Å²) in [5.41, 5.74) is 1.30. The van der Waals surface area contributed by atoms with Gasteiger partial charge in [0.1, 0.15) is 0 Å². The SMILES string of the molecule is O=C(ON=C1CCCCCCC1Cl)c1ccccc1. The minimum absolute atomic E-state index is 0.108. The summed E-state index contributed by atoms with van der Waals surface area (Å²) in [5, 5.41) is 3.87. The molecule has 1 aromatic carbocycles. The minimum Gasteiger partial charge on any atom is -0.313 e. The van der Waals surface area contributed by atoms with Crippen LogP contribution in [0.3, 0.4) is 0 Å². The van der Waals surface area contributed by atoms with Crippen LogP contribution in [0.5, 0.6) is 0 Å². The van der Waals surface area contributed by atoms with Crippen molar-refractivity contribution in [1.82, 2.24) is 0 Å². The van der Waals surface area contributed by atoms with Crippen LogP contribution >= 0.6 is 11.6 Å². The lowest BCUT2D eigenvalue weighted by atomic mass is 9.99. The zero-order valence-electron chi connectivity index (χ0n) is 10.8. The van der Waals surface area contributed by atoms with Gasteiger partial charge in [0.2, 0.25) is 0 Å². The van der Waals surface area contributed by atoms with Gasteiger partial charge in [-0.2, -0.15) is 0 Å². The first-order chi connectivity index (χ1) is 9.27. The highest BCUT2D eigenvalue weighted by molar-refractivity contribution is 6.32. The third-order valence-corrected chi connectivity index (χ3v) is 3.73. The molecule has 19 heavy (non-hydrogen) atoms. The lowest BCUT2D eigenvalue weighted by molar-refractivity contribution is 0.0514. The molecule has 0 N–H and O–H groups in total. The van der Waals surface area contributed by atoms with Crippen molar-refractivity contribution >= 4 is 23.3 Å². The van der Waals surface area contributed by atoms with Gasteiger partial charge >= 0.3 is 5.97 Å². The molecule has 0 radical (unpaired) electrons. The van der Waals surface area contributed by atoms with Gasteiger partial charge < -0.3 is 4.84 Å². The first kappa shape index (κ1) is 14.1. The Morgan fingerprint density at radius 1 is 1.16 bits per heavy atom. The molecule has 0 amide bonds. The van der Waals surface area contributed by atoms with Crippen molar-refractivity contribution in [1.29, 1.82) is 0 Å². The second-order valence-corrected chi connectivity index (χ2v) is 5.27. The van der Waals surface area contributed by atoms with E-state index in [-0.39, 0.29) is 5.38 Å². The number of benzene rings is 1. The molecule has 1 fully saturated rings. The first-order valence-corrected chi connectivity index (χ1v) is 7.18. The molecule has 102 valence electrons. The van der Waals surface area contributed by atoms with E-state index in [0.717, 1.165) is 31.4 Å². The van der Waals surface area contributed by atoms with Crippen molar-refractivity contribution in [3.05, 3.63) is 35.9 Å². The third kappa shape index (κ3) is 4.35. The standard InChI is InChI=1S/C15H18ClNO2/c16-13-10-6-1-2-7-11-14(13)17-19-15(18)12-8-4-3-5-9-12/h3-5,8-9,13H,1-2,6-7,10-11H2. The number of hydrogen-bond acceptors (Lipinski definition) is 3. The summed E-state index contributed by atoms with van der Waals surface area (Å²) in [7, 11) is 0. The summed E-state index contributed by atoms with van der Waals surface area (Å²) in [6.07, 6.45) is 6.31. The van der Waals surface area contributed by atoms with Gasteiger partial charge in [0.15, 0.2) is 0 Å². The summed E-state index contributed by atoms with van der Waals surface area (Å²) >= 11 is 6.27. The Bertz CT molecular complexity index is 445. The van der Waals surface area contributed by atoms with Gasteiger partial charge in [-0.25, -0.2) is 4.79 Å². The van der Waals surface area contributed by atoms with Crippen molar-refractivity contribution < 1.29 is 9.63 Å². The number of alkyl halides is 1. The van der Waals surface area contributed by atoms with E-state index >= 15 is 0 Å². The molecule has 1 aliphatic carbocycles. The van der Waals surface area contributed by atoms with E-state index < -0.39 is 5.97 Å². The average molecular weight is 280 g/mol. The van der Waals surface area contributed by atoms with Crippen LogP contribution < -0.4 is 0 Å². The zero-order chi connectivity index (χ0) is 13.5. The molecule has 1 unspecified atom stereocenters. The molecule has 0 heterocycles. The second-order valence-electron chi connectivity index (χ2n) is 4.75. The maximum Gasteiger partial charge on any atom is 0.365 e. The number of nitrogens with zero attached hydrogens (tertiary/aromatic N) is 1. The summed E-state index contributed by atoms with van der Waals surface area (Å²) < 4.78 is 0. The number of oxime groups is 1. The van der Waals surface area contributed by atoms with Crippen LogP contribution in [0.4, 0.5) is 0 Å². The second kappa shape index (κ2) is 7.29. The molecule has 3 nitrogen and oxygen atoms in total. The van der Waals surface area contributed by atoms with Crippen molar-refractivity contribution in [2.75, 3.05) is 0 Å². The molecule has 1 aromatic rings. The molecule has 0 spiro atoms. The van der Waals surface area contributed by atoms with E-state index in [4.69, 9.17) is 16.4 Å². The molecular formula is C15H18ClNO2. The Morgan fingerprint density at radius 3 is 2.68 bits per heavy atom. The van der Waals surface area contributed by atoms with Crippen molar-refractivity contribution in [3.8, 4) is 0 Å². The van der Waals surface area contributed by atoms with Gasteiger partial charge in [-0.3, -0.25) is 0 Å². The Labute approximate surface area is 118 Å². The van der Waals surface area contributed by atoms with E-state index in [1.807, 2.05) is 6.07 Å². The summed E-state index contributed by atoms with van der Waals surface area (Å²) in [6, 6.07) is 8.86. The Morgan fingerprint density at radius 2 is 1.89 bits per heavy atom. The predicted molar refractivity (Wildman–Crippen MR) is 76.6 cm³/mol. The maximum atomic E-state index is 11.8. The third-order valence-electron chi connectivity index (χ3n) is 3.26. The van der Waals surface area contributed by atoms with Gasteiger partial charge in [-0.1, -0.05) is 42.6 Å². The van der Waals surface area contributed by atoms with E-state index in [1.54, 1.807) is 24.3 Å². The molecule has 0 aliphatic heterocycles. The minimum atomic E-state index is -0.431. The Balaban J connectivity index is 1.98. The van der Waals surface area contributed by atoms with Crippen LogP contribution in [0.1, 0.15) is 48.9 Å². The number of halogens is 1. The molecule has 0 aromatic heterocycles. The van der Waals surface area contributed by atoms with Crippen LogP contribution in [-0.2, 0) is 4.84 Å². The quantitative estimate of drug-likeness (QED) is 0.463. The van der Waals surface area contributed by atoms with Gasteiger partial charge in [-0.05, 0) is 31.4 Å². The average Bonchev–Trinajstić information content (AvgIpc) is 2.43. The highest BCUT2D eigenvalue weighted by Crippen LogP contribution is 2.20. The predicted octanol–water partition coefficient (Wildman–Crippen LogP) is 4.16. The fraction of sp³-hybridized carbons (Fsp3) is 0.467. The highest BCUT2D eigenvalue weighted by atomic mass is 35.5. The Hall–Kier alpha value is -1.35. The van der Waals surface area contributed by atoms with Gasteiger partial charge in [0.25, 0.3) is 0 Å². The smallest absolute Gasteiger partial charge is 0.313 e. The van der Waals surface area contributed by atoms with Gasteiger partial charge in [0.05, 0.1) is 16.7 Å². The van der Waals surface area contributed by atoms with Crippen molar-refractivity contribution in [3.63, 3.8) is 0 Å². The lowest BCUT2D eigenvalue weighted by Crippen LogP contribution is -2.18. The number of carbonyl (C=O) groups excluding carboxylic acids is 1. The zero-order valence-corrected chi connectivity index (χ0v) is 11.6. The molecule has 1 aliphatic rings. The summed E-state index contributed by atoms with van der Waals surface area (Å²) in [4.78, 5) is 16.8. The van der Waals surface area contributed by atoms with Crippen LogP contribution in [0.25, 0.3) is 0 Å². The molecular weight excluding hydrogens is 262 g/mol.